The molecule has 0 fully saturated rings. The van der Waals surface area contributed by atoms with Crippen molar-refractivity contribution in [1.82, 2.24) is 9.47 Å². The monoisotopic (exact) mass is 558 g/mol. The molecule has 37 heavy (non-hydrogen) atoms. The average Bonchev–Trinajstić information content (AvgIpc) is 3.53. The Morgan fingerprint density at radius 3 is 2.43 bits per heavy atom. The summed E-state index contributed by atoms with van der Waals surface area (Å²) in [6, 6.07) is 4.11. The Balaban J connectivity index is 1.85. The summed E-state index contributed by atoms with van der Waals surface area (Å²) < 4.78 is 18.2. The van der Waals surface area contributed by atoms with Gasteiger partial charge >= 0.3 is 0 Å². The summed E-state index contributed by atoms with van der Waals surface area (Å²) >= 11 is 4.98. The van der Waals surface area contributed by atoms with E-state index in [1.54, 1.807) is 48.7 Å². The van der Waals surface area contributed by atoms with Gasteiger partial charge in [0, 0.05) is 31.3 Å². The summed E-state index contributed by atoms with van der Waals surface area (Å²) in [6.07, 6.45) is 9.65. The quantitative estimate of drug-likeness (QED) is 0.258. The van der Waals surface area contributed by atoms with Gasteiger partial charge in [-0.05, 0) is 44.8 Å². The van der Waals surface area contributed by atoms with Crippen molar-refractivity contribution in [2.45, 2.75) is 60.0 Å². The normalized spacial score (nSPS) is 15.9. The first kappa shape index (κ1) is 27.5. The van der Waals surface area contributed by atoms with Gasteiger partial charge in [0.2, 0.25) is 5.52 Å². The van der Waals surface area contributed by atoms with E-state index in [0.717, 1.165) is 66.9 Å². The van der Waals surface area contributed by atoms with E-state index in [-0.39, 0.29) is 5.56 Å². The van der Waals surface area contributed by atoms with Crippen LogP contribution in [0.3, 0.4) is 0 Å². The molecule has 0 atom stereocenters. The predicted octanol–water partition coefficient (Wildman–Crippen LogP) is 5.02. The molecule has 198 valence electrons. The van der Waals surface area contributed by atoms with E-state index < -0.39 is 0 Å². The molecule has 0 N–H and O–H groups in total. The van der Waals surface area contributed by atoms with E-state index in [0.29, 0.717) is 6.54 Å². The van der Waals surface area contributed by atoms with E-state index in [1.807, 2.05) is 23.6 Å². The number of rotatable bonds is 10. The Morgan fingerprint density at radius 1 is 1.00 bits per heavy atom. The zero-order valence-electron chi connectivity index (χ0n) is 22.5. The lowest BCUT2D eigenvalue weighted by Crippen LogP contribution is -2.36. The molecule has 0 spiro atoms. The standard InChI is InChI=1S/C28H36N3O3S3/c1-7-10-11-14-31-20-15-21(33-5)22(34-6)16-24(20)37-27(31)17-26-30(9-3)28(32)23(36-26)12-13-25-29(8-2)19(4)18-35-25/h12-13,15-18H,7-11,14H2,1-6H3/q+1/b23-12+,25-13-. The third-order valence-electron chi connectivity index (χ3n) is 6.46. The second-order valence-electron chi connectivity index (χ2n) is 8.77. The lowest BCUT2D eigenvalue weighted by atomic mass is 10.2. The highest BCUT2D eigenvalue weighted by molar-refractivity contribution is 8.06. The smallest absolute Gasteiger partial charge is 0.269 e. The maximum atomic E-state index is 13.3. The van der Waals surface area contributed by atoms with Crippen LogP contribution < -0.4 is 28.8 Å². The summed E-state index contributed by atoms with van der Waals surface area (Å²) in [5.41, 5.74) is 2.43. The minimum absolute atomic E-state index is 0.0632. The van der Waals surface area contributed by atoms with Crippen LogP contribution in [0.5, 0.6) is 11.5 Å². The van der Waals surface area contributed by atoms with Crippen molar-refractivity contribution in [3.63, 3.8) is 0 Å². The molecule has 1 aromatic carbocycles. The first-order valence-electron chi connectivity index (χ1n) is 12.8. The first-order valence-corrected chi connectivity index (χ1v) is 15.3. The molecule has 0 radical (unpaired) electrons. The summed E-state index contributed by atoms with van der Waals surface area (Å²) in [6.45, 7) is 11.0. The molecule has 0 saturated carbocycles. The maximum Gasteiger partial charge on any atom is 0.269 e. The lowest BCUT2D eigenvalue weighted by molar-refractivity contribution is -0.669. The summed E-state index contributed by atoms with van der Waals surface area (Å²) in [5, 5.41) is 4.43. The molecule has 0 unspecified atom stereocenters. The second kappa shape index (κ2) is 12.4. The highest BCUT2D eigenvalue weighted by atomic mass is 32.2. The van der Waals surface area contributed by atoms with E-state index in [2.05, 4.69) is 53.9 Å². The number of ether oxygens (including phenoxy) is 2. The molecule has 1 aliphatic rings. The van der Waals surface area contributed by atoms with Crippen molar-refractivity contribution in [3.8, 4) is 11.5 Å². The van der Waals surface area contributed by atoms with Gasteiger partial charge in [0.1, 0.15) is 9.36 Å². The number of aryl methyl sites for hydroxylation is 1. The zero-order valence-corrected chi connectivity index (χ0v) is 24.9. The minimum Gasteiger partial charge on any atom is -0.493 e. The molecular weight excluding hydrogens is 523 g/mol. The van der Waals surface area contributed by atoms with Crippen LogP contribution in [0, 0.1) is 0 Å². The summed E-state index contributed by atoms with van der Waals surface area (Å²) in [5.74, 6) is 1.45. The Kier molecular flexibility index (Phi) is 9.21. The second-order valence-corrected chi connectivity index (χ2v) is 11.8. The van der Waals surface area contributed by atoms with Gasteiger partial charge in [-0.1, -0.05) is 36.4 Å². The van der Waals surface area contributed by atoms with E-state index >= 15 is 0 Å². The van der Waals surface area contributed by atoms with Gasteiger partial charge < -0.3 is 14.4 Å². The van der Waals surface area contributed by atoms with Crippen LogP contribution in [0.1, 0.15) is 52.0 Å². The summed E-state index contributed by atoms with van der Waals surface area (Å²) in [7, 11) is 3.34. The largest absolute Gasteiger partial charge is 0.493 e. The Labute approximate surface area is 230 Å². The average molecular weight is 559 g/mol. The van der Waals surface area contributed by atoms with Crippen LogP contribution in [-0.4, -0.2) is 30.2 Å². The van der Waals surface area contributed by atoms with Crippen molar-refractivity contribution in [1.29, 1.82) is 0 Å². The van der Waals surface area contributed by atoms with Crippen LogP contribution in [0.25, 0.3) is 22.4 Å². The Hall–Kier alpha value is -2.49. The Bertz CT molecular complexity index is 1510. The molecule has 0 saturated heterocycles. The van der Waals surface area contributed by atoms with Crippen molar-refractivity contribution in [2.24, 2.45) is 0 Å². The summed E-state index contributed by atoms with van der Waals surface area (Å²) in [4.78, 5) is 15.6. The molecule has 3 aromatic rings. The number of aromatic nitrogens is 2. The maximum absolute atomic E-state index is 13.3. The molecule has 0 bridgehead atoms. The van der Waals surface area contributed by atoms with Crippen molar-refractivity contribution < 1.29 is 14.0 Å². The predicted molar refractivity (Wildman–Crippen MR) is 158 cm³/mol. The number of nitrogens with zero attached hydrogens (tertiary/aromatic N) is 3. The number of unbranched alkanes of at least 4 members (excludes halogenated alkanes) is 2. The highest BCUT2D eigenvalue weighted by Gasteiger charge is 2.22. The zero-order chi connectivity index (χ0) is 26.5. The fourth-order valence-electron chi connectivity index (χ4n) is 4.48. The number of hydrogen-bond donors (Lipinski definition) is 0. The van der Waals surface area contributed by atoms with Crippen molar-refractivity contribution in [2.75, 3.05) is 20.8 Å². The third-order valence-corrected chi connectivity index (χ3v) is 9.69. The van der Waals surface area contributed by atoms with Crippen molar-refractivity contribution >= 4 is 56.8 Å². The first-order chi connectivity index (χ1) is 17.9. The highest BCUT2D eigenvalue weighted by Crippen LogP contribution is 2.35. The number of hydrogen-bond acceptors (Lipinski definition) is 7. The van der Waals surface area contributed by atoms with Gasteiger partial charge in [0.05, 0.1) is 35.9 Å². The van der Waals surface area contributed by atoms with Crippen LogP contribution in [0.4, 0.5) is 0 Å². The minimum atomic E-state index is 0.0632. The van der Waals surface area contributed by atoms with Gasteiger partial charge in [-0.15, -0.1) is 11.3 Å². The number of allylic oxidation sites excluding steroid dienone is 2. The van der Waals surface area contributed by atoms with E-state index in [4.69, 9.17) is 9.47 Å². The van der Waals surface area contributed by atoms with Gasteiger partial charge in [0.25, 0.3) is 10.6 Å². The Morgan fingerprint density at radius 2 is 1.76 bits per heavy atom. The number of thiazole rings is 2. The molecule has 6 nitrogen and oxygen atoms in total. The molecule has 3 heterocycles. The number of methoxy groups -OCH3 is 2. The van der Waals surface area contributed by atoms with Crippen LogP contribution in [-0.2, 0) is 13.1 Å². The topological polar surface area (TPSA) is 47.6 Å². The number of benzene rings is 1. The van der Waals surface area contributed by atoms with E-state index in [9.17, 15) is 4.79 Å². The van der Waals surface area contributed by atoms with Gasteiger partial charge in [-0.25, -0.2) is 0 Å². The van der Waals surface area contributed by atoms with Crippen LogP contribution >= 0.6 is 34.4 Å². The van der Waals surface area contributed by atoms with E-state index in [1.165, 1.54) is 12.1 Å². The van der Waals surface area contributed by atoms with Gasteiger partial charge in [0.15, 0.2) is 18.0 Å². The molecule has 4 rings (SSSR count). The molecule has 9 heteroatoms. The van der Waals surface area contributed by atoms with Gasteiger partial charge in [-0.3, -0.25) is 9.36 Å². The third kappa shape index (κ3) is 5.68. The number of fused-ring (bicyclic) bond motifs is 1. The molecule has 0 amide bonds. The lowest BCUT2D eigenvalue weighted by Gasteiger charge is -2.18. The molecule has 1 aliphatic heterocycles. The van der Waals surface area contributed by atoms with Crippen LogP contribution in [0.2, 0.25) is 0 Å². The van der Waals surface area contributed by atoms with Crippen molar-refractivity contribution in [3.05, 3.63) is 58.9 Å². The number of thioether (sulfide) groups is 1. The van der Waals surface area contributed by atoms with Crippen LogP contribution in [0.15, 0.2) is 39.1 Å². The molecule has 0 aliphatic carbocycles. The molecular formula is C28H36N3O3S3+. The fourth-order valence-corrected chi connectivity index (χ4v) is 7.70. The molecule has 2 aromatic heterocycles. The van der Waals surface area contributed by atoms with Gasteiger partial charge in [-0.2, -0.15) is 4.57 Å². The fraction of sp³-hybridized carbons (Fsp3) is 0.429. The SMILES string of the molecule is CCCCC[n+]1c(C=c2s/c(=C/C=C3\SC=C(C)N3CC)c(=O)n2CC)sc2cc(OC)c(OC)cc21.